The molecule has 1 fully saturated rings. The van der Waals surface area contributed by atoms with E-state index in [0.717, 1.165) is 25.9 Å². The number of methoxy groups -OCH3 is 1. The van der Waals surface area contributed by atoms with E-state index in [1.807, 2.05) is 7.05 Å². The topological polar surface area (TPSA) is 39.8 Å². The van der Waals surface area contributed by atoms with Crippen molar-refractivity contribution < 1.29 is 4.74 Å². The summed E-state index contributed by atoms with van der Waals surface area (Å²) in [5.41, 5.74) is 0. The average molecular weight is 230 g/mol. The summed E-state index contributed by atoms with van der Waals surface area (Å²) in [6.07, 6.45) is 2.40. The van der Waals surface area contributed by atoms with Crippen molar-refractivity contribution in [3.8, 4) is 0 Å². The number of ether oxygens (including phenoxy) is 1. The fourth-order valence-corrected chi connectivity index (χ4v) is 2.63. The summed E-state index contributed by atoms with van der Waals surface area (Å²) in [5.74, 6) is -0.286. The maximum atomic E-state index is 5.64. The molecule has 1 rings (SSSR count). The van der Waals surface area contributed by atoms with Crippen molar-refractivity contribution in [2.75, 3.05) is 41.3 Å². The van der Waals surface area contributed by atoms with Gasteiger partial charge in [-0.25, -0.2) is 10.0 Å². The molecule has 2 atom stereocenters. The molecule has 0 saturated carbocycles. The van der Waals surface area contributed by atoms with Crippen molar-refractivity contribution in [2.45, 2.75) is 31.7 Å². The van der Waals surface area contributed by atoms with Gasteiger partial charge in [0.25, 0.3) is 0 Å². The van der Waals surface area contributed by atoms with Crippen molar-refractivity contribution in [2.24, 2.45) is 0 Å². The number of hydrogen-bond acceptors (Lipinski definition) is 5. The first-order valence-electron chi connectivity index (χ1n) is 6.04. The van der Waals surface area contributed by atoms with Gasteiger partial charge in [-0.1, -0.05) is 6.92 Å². The van der Waals surface area contributed by atoms with Gasteiger partial charge in [0, 0.05) is 27.7 Å². The number of nitrogens with zero attached hydrogens (tertiary/aromatic N) is 2. The lowest BCUT2D eigenvalue weighted by molar-refractivity contribution is -0.192. The number of hydrogen-bond donors (Lipinski definition) is 2. The molecule has 0 aromatic carbocycles. The first kappa shape index (κ1) is 13.9. The van der Waals surface area contributed by atoms with Gasteiger partial charge in [0.05, 0.1) is 0 Å². The molecular formula is C11H26N4O. The SMILES string of the molecule is CCNC1(NC)C(OC)CCCN1N(C)C. The lowest BCUT2D eigenvalue weighted by Gasteiger charge is -2.53. The van der Waals surface area contributed by atoms with Crippen LogP contribution in [-0.4, -0.2) is 63.3 Å². The van der Waals surface area contributed by atoms with Gasteiger partial charge in [-0.05, 0) is 26.4 Å². The van der Waals surface area contributed by atoms with Gasteiger partial charge in [0.2, 0.25) is 0 Å². The van der Waals surface area contributed by atoms with E-state index in [9.17, 15) is 0 Å². The highest BCUT2D eigenvalue weighted by atomic mass is 16.5. The molecule has 2 unspecified atom stereocenters. The van der Waals surface area contributed by atoms with Crippen LogP contribution >= 0.6 is 0 Å². The molecule has 2 N–H and O–H groups in total. The van der Waals surface area contributed by atoms with E-state index in [1.165, 1.54) is 0 Å². The number of likely N-dealkylation sites (N-methyl/N-ethyl adjacent to an activating group) is 2. The molecule has 0 spiro atoms. The molecule has 0 bridgehead atoms. The predicted octanol–water partition coefficient (Wildman–Crippen LogP) is 0.0565. The summed E-state index contributed by atoms with van der Waals surface area (Å²) in [6, 6.07) is 0. The molecule has 1 aliphatic heterocycles. The van der Waals surface area contributed by atoms with Gasteiger partial charge in [-0.3, -0.25) is 10.6 Å². The van der Waals surface area contributed by atoms with Crippen molar-refractivity contribution in [3.63, 3.8) is 0 Å². The Kier molecular flexibility index (Phi) is 5.14. The zero-order valence-electron chi connectivity index (χ0n) is 11.2. The van der Waals surface area contributed by atoms with Gasteiger partial charge < -0.3 is 4.74 Å². The van der Waals surface area contributed by atoms with Crippen LogP contribution in [-0.2, 0) is 4.74 Å². The van der Waals surface area contributed by atoms with Gasteiger partial charge in [0.1, 0.15) is 6.10 Å². The fraction of sp³-hybridized carbons (Fsp3) is 1.00. The van der Waals surface area contributed by atoms with Crippen LogP contribution in [0.1, 0.15) is 19.8 Å². The lowest BCUT2D eigenvalue weighted by Crippen LogP contribution is -2.77. The van der Waals surface area contributed by atoms with Crippen LogP contribution in [0.5, 0.6) is 0 Å². The molecule has 1 aliphatic rings. The smallest absolute Gasteiger partial charge is 0.165 e. The first-order chi connectivity index (χ1) is 7.62. The summed E-state index contributed by atoms with van der Waals surface area (Å²) >= 11 is 0. The molecule has 0 aromatic heterocycles. The summed E-state index contributed by atoms with van der Waals surface area (Å²) < 4.78 is 5.64. The quantitative estimate of drug-likeness (QED) is 0.653. The van der Waals surface area contributed by atoms with Crippen LogP contribution in [0, 0.1) is 0 Å². The maximum absolute atomic E-state index is 5.64. The number of hydrazine groups is 1. The van der Waals surface area contributed by atoms with E-state index in [4.69, 9.17) is 4.74 Å². The summed E-state index contributed by atoms with van der Waals surface area (Å²) in [6.45, 7) is 4.07. The molecule has 96 valence electrons. The van der Waals surface area contributed by atoms with Crippen LogP contribution in [0.3, 0.4) is 0 Å². The molecule has 16 heavy (non-hydrogen) atoms. The Labute approximate surface area is 99.1 Å². The van der Waals surface area contributed by atoms with Crippen LogP contribution in [0.2, 0.25) is 0 Å². The Morgan fingerprint density at radius 2 is 2.19 bits per heavy atom. The average Bonchev–Trinajstić information content (AvgIpc) is 2.28. The standard InChI is InChI=1S/C11H26N4O/c1-6-13-11(12-2)10(16-5)8-7-9-15(11)14(3)4/h10,12-13H,6-9H2,1-5H3. The largest absolute Gasteiger partial charge is 0.377 e. The highest BCUT2D eigenvalue weighted by Crippen LogP contribution is 2.26. The minimum absolute atomic E-state index is 0.161. The van der Waals surface area contributed by atoms with Crippen LogP contribution in [0.15, 0.2) is 0 Å². The molecule has 0 aliphatic carbocycles. The van der Waals surface area contributed by atoms with E-state index in [2.05, 4.69) is 41.7 Å². The van der Waals surface area contributed by atoms with Crippen molar-refractivity contribution in [1.29, 1.82) is 0 Å². The van der Waals surface area contributed by atoms with Gasteiger partial charge >= 0.3 is 0 Å². The minimum Gasteiger partial charge on any atom is -0.377 e. The Morgan fingerprint density at radius 3 is 2.62 bits per heavy atom. The van der Waals surface area contributed by atoms with E-state index in [1.54, 1.807) is 7.11 Å². The first-order valence-corrected chi connectivity index (χ1v) is 6.04. The van der Waals surface area contributed by atoms with Gasteiger partial charge in [0.15, 0.2) is 5.79 Å². The van der Waals surface area contributed by atoms with E-state index < -0.39 is 0 Å². The Bertz CT molecular complexity index is 212. The molecule has 1 heterocycles. The van der Waals surface area contributed by atoms with Crippen molar-refractivity contribution in [1.82, 2.24) is 20.7 Å². The molecule has 0 aromatic rings. The van der Waals surface area contributed by atoms with Gasteiger partial charge in [-0.2, -0.15) is 0 Å². The summed E-state index contributed by atoms with van der Waals surface area (Å²) in [4.78, 5) is 0. The lowest BCUT2D eigenvalue weighted by atomic mass is 10.00. The molecule has 1 saturated heterocycles. The number of rotatable bonds is 5. The predicted molar refractivity (Wildman–Crippen MR) is 65.9 cm³/mol. The third kappa shape index (κ3) is 2.38. The third-order valence-corrected chi connectivity index (χ3v) is 3.30. The van der Waals surface area contributed by atoms with Crippen LogP contribution < -0.4 is 10.6 Å². The molecule has 0 radical (unpaired) electrons. The monoisotopic (exact) mass is 230 g/mol. The van der Waals surface area contributed by atoms with Crippen molar-refractivity contribution >= 4 is 0 Å². The van der Waals surface area contributed by atoms with Crippen LogP contribution in [0.4, 0.5) is 0 Å². The second-order valence-corrected chi connectivity index (χ2v) is 4.38. The zero-order valence-corrected chi connectivity index (χ0v) is 11.2. The minimum atomic E-state index is -0.286. The summed E-state index contributed by atoms with van der Waals surface area (Å²) in [7, 11) is 7.91. The van der Waals surface area contributed by atoms with Crippen LogP contribution in [0.25, 0.3) is 0 Å². The molecule has 0 amide bonds. The molecular weight excluding hydrogens is 204 g/mol. The fourth-order valence-electron chi connectivity index (χ4n) is 2.63. The van der Waals surface area contributed by atoms with E-state index >= 15 is 0 Å². The normalized spacial score (nSPS) is 32.2. The Hall–Kier alpha value is -0.200. The zero-order chi connectivity index (χ0) is 12.2. The van der Waals surface area contributed by atoms with E-state index in [0.29, 0.717) is 0 Å². The second-order valence-electron chi connectivity index (χ2n) is 4.38. The molecule has 5 heteroatoms. The van der Waals surface area contributed by atoms with E-state index in [-0.39, 0.29) is 11.9 Å². The molecule has 5 nitrogen and oxygen atoms in total. The highest BCUT2D eigenvalue weighted by Gasteiger charge is 2.46. The number of piperidine rings is 1. The second kappa shape index (κ2) is 5.93. The van der Waals surface area contributed by atoms with Crippen molar-refractivity contribution in [3.05, 3.63) is 0 Å². The Balaban J connectivity index is 2.96. The maximum Gasteiger partial charge on any atom is 0.165 e. The highest BCUT2D eigenvalue weighted by molar-refractivity contribution is 4.94. The third-order valence-electron chi connectivity index (χ3n) is 3.30. The number of nitrogens with one attached hydrogen (secondary N) is 2. The Morgan fingerprint density at radius 1 is 1.50 bits per heavy atom. The van der Waals surface area contributed by atoms with Gasteiger partial charge in [-0.15, -0.1) is 0 Å². The summed E-state index contributed by atoms with van der Waals surface area (Å²) in [5, 5.41) is 11.4.